The lowest BCUT2D eigenvalue weighted by Gasteiger charge is -2.09. The van der Waals surface area contributed by atoms with Crippen LogP contribution in [0.2, 0.25) is 0 Å². The Morgan fingerprint density at radius 1 is 0.473 bits per heavy atom. The van der Waals surface area contributed by atoms with Gasteiger partial charge in [-0.05, 0) is 83.4 Å². The second-order valence-electron chi connectivity index (χ2n) is 13.8. The number of hydrogen-bond donors (Lipinski definition) is 2. The molecule has 5 nitrogen and oxygen atoms in total. The molecule has 0 unspecified atom stereocenters. The molecule has 0 aliphatic carbocycles. The van der Waals surface area contributed by atoms with Crippen molar-refractivity contribution < 1.29 is 0 Å². The average molecular weight is 706 g/mol. The average Bonchev–Trinajstić information content (AvgIpc) is 3.76. The second kappa shape index (κ2) is 13.5. The smallest absolute Gasteiger partial charge is 0.0710 e. The SMILES string of the molecule is N=C(/C=C\Nn1c2ccccc2c2cc(-c3ccc4c(c3)c3ccccc3n4-c3ccccc3)ccc21)c1cccc(-c2ccc(-c3ccccc3)nc2)c1. The summed E-state index contributed by atoms with van der Waals surface area (Å²) in [6.07, 6.45) is 5.56. The summed E-state index contributed by atoms with van der Waals surface area (Å²) >= 11 is 0. The Bertz CT molecular complexity index is 3060. The van der Waals surface area contributed by atoms with E-state index in [0.29, 0.717) is 5.71 Å². The molecule has 7 aromatic carbocycles. The summed E-state index contributed by atoms with van der Waals surface area (Å²) in [4.78, 5) is 4.70. The van der Waals surface area contributed by atoms with E-state index in [1.807, 2.05) is 60.9 Å². The van der Waals surface area contributed by atoms with Gasteiger partial charge in [-0.3, -0.25) is 9.66 Å². The Labute approximate surface area is 318 Å². The summed E-state index contributed by atoms with van der Waals surface area (Å²) in [6, 6.07) is 63.6. The topological polar surface area (TPSA) is 58.6 Å². The molecule has 0 saturated carbocycles. The van der Waals surface area contributed by atoms with Crippen LogP contribution in [0, 0.1) is 5.41 Å². The molecule has 0 atom stereocenters. The lowest BCUT2D eigenvalue weighted by Crippen LogP contribution is -2.08. The Morgan fingerprint density at radius 2 is 1.04 bits per heavy atom. The minimum absolute atomic E-state index is 0.412. The first-order valence-electron chi connectivity index (χ1n) is 18.5. The number of nitrogens with one attached hydrogen (secondary N) is 2. The van der Waals surface area contributed by atoms with Gasteiger partial charge in [0.25, 0.3) is 0 Å². The largest absolute Gasteiger partial charge is 0.309 e. The lowest BCUT2D eigenvalue weighted by atomic mass is 10.0. The van der Waals surface area contributed by atoms with Gasteiger partial charge in [0.2, 0.25) is 0 Å². The molecule has 3 aromatic heterocycles. The molecule has 2 N–H and O–H groups in total. The molecule has 0 amide bonds. The molecule has 0 fully saturated rings. The minimum Gasteiger partial charge on any atom is -0.309 e. The Hall–Kier alpha value is -7.50. The maximum atomic E-state index is 8.92. The maximum Gasteiger partial charge on any atom is 0.0710 e. The Kier molecular flexibility index (Phi) is 7.89. The highest BCUT2D eigenvalue weighted by molar-refractivity contribution is 6.12. The predicted octanol–water partition coefficient (Wildman–Crippen LogP) is 12.4. The van der Waals surface area contributed by atoms with E-state index in [1.165, 1.54) is 27.4 Å². The van der Waals surface area contributed by atoms with E-state index in [2.05, 4.69) is 154 Å². The fourth-order valence-electron chi connectivity index (χ4n) is 7.80. The molecule has 3 heterocycles. The third-order valence-corrected chi connectivity index (χ3v) is 10.5. The van der Waals surface area contributed by atoms with Crippen LogP contribution in [-0.4, -0.2) is 19.9 Å². The maximum absolute atomic E-state index is 8.92. The van der Waals surface area contributed by atoms with Gasteiger partial charge in [0.1, 0.15) is 0 Å². The van der Waals surface area contributed by atoms with Crippen LogP contribution in [0.1, 0.15) is 5.56 Å². The van der Waals surface area contributed by atoms with Crippen LogP contribution in [0.5, 0.6) is 0 Å². The van der Waals surface area contributed by atoms with E-state index < -0.39 is 0 Å². The zero-order valence-corrected chi connectivity index (χ0v) is 29.9. The van der Waals surface area contributed by atoms with Crippen LogP contribution >= 0.6 is 0 Å². The molecule has 55 heavy (non-hydrogen) atoms. The van der Waals surface area contributed by atoms with Gasteiger partial charge in [0.05, 0.1) is 33.5 Å². The summed E-state index contributed by atoms with van der Waals surface area (Å²) in [5.41, 5.74) is 16.8. The summed E-state index contributed by atoms with van der Waals surface area (Å²) in [7, 11) is 0. The van der Waals surface area contributed by atoms with E-state index in [-0.39, 0.29) is 0 Å². The fraction of sp³-hybridized carbons (Fsp3) is 0. The summed E-state index contributed by atoms with van der Waals surface area (Å²) < 4.78 is 4.45. The zero-order valence-electron chi connectivity index (χ0n) is 29.9. The number of benzene rings is 7. The van der Waals surface area contributed by atoms with Crippen molar-refractivity contribution in [2.75, 3.05) is 5.43 Å². The Morgan fingerprint density at radius 3 is 1.78 bits per heavy atom. The molecular formula is C50H35N5. The quantitative estimate of drug-likeness (QED) is 0.155. The van der Waals surface area contributed by atoms with Gasteiger partial charge in [-0.25, -0.2) is 0 Å². The zero-order chi connectivity index (χ0) is 36.7. The van der Waals surface area contributed by atoms with E-state index in [4.69, 9.17) is 10.4 Å². The Balaban J connectivity index is 0.945. The summed E-state index contributed by atoms with van der Waals surface area (Å²) in [6.45, 7) is 0. The molecule has 10 rings (SSSR count). The normalized spacial score (nSPS) is 11.6. The fourth-order valence-corrected chi connectivity index (χ4v) is 7.80. The first-order chi connectivity index (χ1) is 27.2. The van der Waals surface area contributed by atoms with Crippen LogP contribution in [0.3, 0.4) is 0 Å². The van der Waals surface area contributed by atoms with Crippen molar-refractivity contribution in [3.63, 3.8) is 0 Å². The lowest BCUT2D eigenvalue weighted by molar-refractivity contribution is 1.05. The van der Waals surface area contributed by atoms with Gasteiger partial charge >= 0.3 is 0 Å². The van der Waals surface area contributed by atoms with E-state index >= 15 is 0 Å². The van der Waals surface area contributed by atoms with Gasteiger partial charge in [0.15, 0.2) is 0 Å². The van der Waals surface area contributed by atoms with E-state index in [1.54, 1.807) is 0 Å². The first kappa shape index (κ1) is 32.2. The van der Waals surface area contributed by atoms with Gasteiger partial charge in [-0.2, -0.15) is 0 Å². The number of para-hydroxylation sites is 3. The number of hydrogen-bond acceptors (Lipinski definition) is 3. The van der Waals surface area contributed by atoms with Gasteiger partial charge in [-0.1, -0.05) is 121 Å². The number of nitrogens with zero attached hydrogens (tertiary/aromatic N) is 3. The molecule has 0 bridgehead atoms. The number of fused-ring (bicyclic) bond motifs is 6. The van der Waals surface area contributed by atoms with Crippen LogP contribution < -0.4 is 5.43 Å². The molecule has 0 radical (unpaired) electrons. The number of rotatable bonds is 8. The van der Waals surface area contributed by atoms with Crippen molar-refractivity contribution in [2.45, 2.75) is 0 Å². The van der Waals surface area contributed by atoms with Crippen molar-refractivity contribution in [2.24, 2.45) is 0 Å². The number of allylic oxidation sites excluding steroid dienone is 1. The molecule has 0 aliphatic heterocycles. The van der Waals surface area contributed by atoms with Gasteiger partial charge in [0, 0.05) is 56.3 Å². The van der Waals surface area contributed by atoms with Gasteiger partial charge in [-0.15, -0.1) is 0 Å². The van der Waals surface area contributed by atoms with Crippen molar-refractivity contribution in [1.29, 1.82) is 5.41 Å². The highest BCUT2D eigenvalue weighted by Crippen LogP contribution is 2.37. The highest BCUT2D eigenvalue weighted by atomic mass is 15.4. The van der Waals surface area contributed by atoms with Crippen LogP contribution in [0.4, 0.5) is 0 Å². The summed E-state index contributed by atoms with van der Waals surface area (Å²) in [5.74, 6) is 0. The molecule has 10 aromatic rings. The monoisotopic (exact) mass is 705 g/mol. The summed E-state index contributed by atoms with van der Waals surface area (Å²) in [5, 5.41) is 13.7. The number of aromatic nitrogens is 3. The molecular weight excluding hydrogens is 671 g/mol. The molecule has 0 spiro atoms. The number of pyridine rings is 1. The third kappa shape index (κ3) is 5.75. The van der Waals surface area contributed by atoms with Gasteiger partial charge < -0.3 is 15.4 Å². The molecule has 260 valence electrons. The van der Waals surface area contributed by atoms with Crippen molar-refractivity contribution >= 4 is 49.3 Å². The first-order valence-corrected chi connectivity index (χ1v) is 18.5. The van der Waals surface area contributed by atoms with Crippen molar-refractivity contribution in [3.05, 3.63) is 206 Å². The van der Waals surface area contributed by atoms with Crippen LogP contribution in [0.25, 0.3) is 82.8 Å². The van der Waals surface area contributed by atoms with Crippen molar-refractivity contribution in [1.82, 2.24) is 14.2 Å². The van der Waals surface area contributed by atoms with Crippen LogP contribution in [0.15, 0.2) is 200 Å². The molecule has 0 aliphatic rings. The minimum atomic E-state index is 0.412. The molecule has 0 saturated heterocycles. The standard InChI is InChI=1S/C50H35N5/c51-45(38-15-11-14-35(30-38)39-22-25-46(52-33-39)34-12-3-1-4-13-34)28-29-53-55-49-21-10-8-19-42(49)44-32-37(24-27-50(44)55)36-23-26-48-43(31-36)41-18-7-9-20-47(41)54(48)40-16-5-2-6-17-40/h1-33,51,53H/b29-28-,51-45?. The van der Waals surface area contributed by atoms with Crippen molar-refractivity contribution in [3.8, 4) is 39.2 Å². The van der Waals surface area contributed by atoms with Crippen LogP contribution in [-0.2, 0) is 0 Å². The third-order valence-electron chi connectivity index (χ3n) is 10.5. The highest BCUT2D eigenvalue weighted by Gasteiger charge is 2.15. The van der Waals surface area contributed by atoms with E-state index in [9.17, 15) is 0 Å². The molecule has 5 heteroatoms. The second-order valence-corrected chi connectivity index (χ2v) is 13.8. The predicted molar refractivity (Wildman–Crippen MR) is 230 cm³/mol. The van der Waals surface area contributed by atoms with E-state index in [0.717, 1.165) is 61.0 Å².